The number of nitro groups is 1. The summed E-state index contributed by atoms with van der Waals surface area (Å²) in [6.45, 7) is 0.725. The van der Waals surface area contributed by atoms with Gasteiger partial charge in [-0.25, -0.2) is 4.57 Å². The molecule has 0 radical (unpaired) electrons. The maximum absolute atomic E-state index is 11.0. The number of fused-ring (bicyclic) bond motifs is 1. The lowest BCUT2D eigenvalue weighted by molar-refractivity contribution is -0.391. The molecule has 1 fully saturated rings. The fourth-order valence-electron chi connectivity index (χ4n) is 3.37. The predicted molar refractivity (Wildman–Crippen MR) is 62.5 cm³/mol. The van der Waals surface area contributed by atoms with E-state index in [4.69, 9.17) is 5.73 Å². The third-order valence-corrected chi connectivity index (χ3v) is 4.16. The topological polar surface area (TPSA) is 87.0 Å². The van der Waals surface area contributed by atoms with Crippen molar-refractivity contribution in [3.63, 3.8) is 0 Å². The molecule has 0 amide bonds. The van der Waals surface area contributed by atoms with E-state index in [1.54, 1.807) is 4.57 Å². The van der Waals surface area contributed by atoms with Crippen LogP contribution in [0, 0.1) is 15.5 Å². The Balaban J connectivity index is 1.96. The summed E-state index contributed by atoms with van der Waals surface area (Å²) in [5.74, 6) is 0.856. The van der Waals surface area contributed by atoms with Crippen LogP contribution in [0.3, 0.4) is 0 Å². The van der Waals surface area contributed by atoms with Crippen molar-refractivity contribution in [3.05, 3.63) is 15.9 Å². The van der Waals surface area contributed by atoms with Gasteiger partial charge < -0.3 is 15.8 Å². The van der Waals surface area contributed by atoms with Gasteiger partial charge in [0.05, 0.1) is 6.54 Å². The fraction of sp³-hybridized carbons (Fsp3) is 0.727. The molecule has 1 saturated carbocycles. The highest BCUT2D eigenvalue weighted by atomic mass is 16.6. The van der Waals surface area contributed by atoms with Gasteiger partial charge in [-0.15, -0.1) is 0 Å². The molecule has 2 N–H and O–H groups in total. The van der Waals surface area contributed by atoms with Crippen molar-refractivity contribution >= 4 is 11.6 Å². The summed E-state index contributed by atoms with van der Waals surface area (Å²) in [5, 5.41) is 11.0. The van der Waals surface area contributed by atoms with Gasteiger partial charge in [-0.1, -0.05) is 19.3 Å². The summed E-state index contributed by atoms with van der Waals surface area (Å²) in [6.07, 6.45) is 6.92. The Morgan fingerprint density at radius 2 is 2.06 bits per heavy atom. The summed E-state index contributed by atoms with van der Waals surface area (Å²) in [5.41, 5.74) is 5.82. The molecular formula is C11H16N4O2. The minimum atomic E-state index is -0.409. The molecule has 1 aromatic rings. The molecule has 0 saturated heterocycles. The number of hydrogen-bond acceptors (Lipinski definition) is 4. The Bertz CT molecular complexity index is 474. The molecule has 1 aliphatic heterocycles. The van der Waals surface area contributed by atoms with Crippen LogP contribution >= 0.6 is 0 Å². The monoisotopic (exact) mass is 236 g/mol. The second kappa shape index (κ2) is 3.45. The van der Waals surface area contributed by atoms with Gasteiger partial charge in [0.2, 0.25) is 5.82 Å². The SMILES string of the molecule is Nc1nc2n(c1[N+](=O)[O-])CC1(CCCCC1)C2. The van der Waals surface area contributed by atoms with Gasteiger partial charge in [0, 0.05) is 11.8 Å². The zero-order valence-electron chi connectivity index (χ0n) is 9.69. The minimum absolute atomic E-state index is 0.0116. The first-order chi connectivity index (χ1) is 8.11. The molecule has 1 aliphatic carbocycles. The standard InChI is InChI=1S/C11H16N4O2/c12-9-10(15(16)17)14-7-11(6-8(14)13-9)4-2-1-3-5-11/h1-7,12H2. The van der Waals surface area contributed by atoms with E-state index in [2.05, 4.69) is 4.98 Å². The molecule has 17 heavy (non-hydrogen) atoms. The third-order valence-electron chi connectivity index (χ3n) is 4.16. The van der Waals surface area contributed by atoms with Crippen molar-refractivity contribution in [3.8, 4) is 0 Å². The van der Waals surface area contributed by atoms with E-state index in [-0.39, 0.29) is 17.1 Å². The summed E-state index contributed by atoms with van der Waals surface area (Å²) in [6, 6.07) is 0. The van der Waals surface area contributed by atoms with Crippen LogP contribution in [0.25, 0.3) is 0 Å². The van der Waals surface area contributed by atoms with Crippen LogP contribution in [-0.4, -0.2) is 14.5 Å². The van der Waals surface area contributed by atoms with Gasteiger partial charge in [-0.2, -0.15) is 4.98 Å². The first-order valence-corrected chi connectivity index (χ1v) is 6.11. The average Bonchev–Trinajstić information content (AvgIpc) is 2.71. The highest BCUT2D eigenvalue weighted by Gasteiger charge is 2.45. The minimum Gasteiger partial charge on any atom is -0.377 e. The summed E-state index contributed by atoms with van der Waals surface area (Å²) < 4.78 is 1.72. The van der Waals surface area contributed by atoms with Crippen molar-refractivity contribution in [2.75, 3.05) is 5.73 Å². The molecular weight excluding hydrogens is 220 g/mol. The molecule has 2 heterocycles. The molecule has 0 atom stereocenters. The van der Waals surface area contributed by atoms with Gasteiger partial charge in [-0.05, 0) is 17.8 Å². The lowest BCUT2D eigenvalue weighted by Crippen LogP contribution is -2.26. The molecule has 1 spiro atoms. The third kappa shape index (κ3) is 1.50. The maximum Gasteiger partial charge on any atom is 0.367 e. The molecule has 0 aromatic carbocycles. The van der Waals surface area contributed by atoms with E-state index < -0.39 is 4.92 Å². The molecule has 1 aromatic heterocycles. The Hall–Kier alpha value is -1.59. The van der Waals surface area contributed by atoms with Crippen molar-refractivity contribution in [1.82, 2.24) is 9.55 Å². The quantitative estimate of drug-likeness (QED) is 0.595. The number of nitrogen functional groups attached to an aromatic ring is 1. The van der Waals surface area contributed by atoms with Crippen molar-refractivity contribution in [1.29, 1.82) is 0 Å². The van der Waals surface area contributed by atoms with Crippen LogP contribution in [0.4, 0.5) is 11.6 Å². The van der Waals surface area contributed by atoms with Crippen LogP contribution < -0.4 is 5.73 Å². The average molecular weight is 236 g/mol. The molecule has 6 heteroatoms. The number of aromatic nitrogens is 2. The van der Waals surface area contributed by atoms with Crippen LogP contribution in [0.1, 0.15) is 37.9 Å². The van der Waals surface area contributed by atoms with Gasteiger partial charge in [0.25, 0.3) is 0 Å². The predicted octanol–water partition coefficient (Wildman–Crippen LogP) is 1.88. The molecule has 3 rings (SSSR count). The summed E-state index contributed by atoms with van der Waals surface area (Å²) in [7, 11) is 0. The summed E-state index contributed by atoms with van der Waals surface area (Å²) in [4.78, 5) is 14.7. The molecule has 0 bridgehead atoms. The van der Waals surface area contributed by atoms with E-state index in [1.165, 1.54) is 19.3 Å². The molecule has 2 aliphatic rings. The Labute approximate surface area is 99.0 Å². The largest absolute Gasteiger partial charge is 0.377 e. The number of anilines is 1. The fourth-order valence-corrected chi connectivity index (χ4v) is 3.37. The molecule has 0 unspecified atom stereocenters. The van der Waals surface area contributed by atoms with Crippen molar-refractivity contribution in [2.45, 2.75) is 45.1 Å². The summed E-state index contributed by atoms with van der Waals surface area (Å²) >= 11 is 0. The highest BCUT2D eigenvalue weighted by Crippen LogP contribution is 2.46. The maximum atomic E-state index is 11.0. The normalized spacial score (nSPS) is 21.6. The lowest BCUT2D eigenvalue weighted by Gasteiger charge is -2.30. The number of rotatable bonds is 1. The van der Waals surface area contributed by atoms with Gasteiger partial charge in [-0.3, -0.25) is 0 Å². The number of hydrogen-bond donors (Lipinski definition) is 1. The van der Waals surface area contributed by atoms with Gasteiger partial charge >= 0.3 is 5.82 Å². The zero-order chi connectivity index (χ0) is 12.0. The Morgan fingerprint density at radius 1 is 1.35 bits per heavy atom. The van der Waals surface area contributed by atoms with Gasteiger partial charge in [0.15, 0.2) is 5.82 Å². The highest BCUT2D eigenvalue weighted by molar-refractivity contribution is 5.50. The van der Waals surface area contributed by atoms with E-state index in [9.17, 15) is 10.1 Å². The number of nitrogens with two attached hydrogens (primary N) is 1. The Kier molecular flexibility index (Phi) is 2.14. The van der Waals surface area contributed by atoms with Gasteiger partial charge in [0.1, 0.15) is 0 Å². The zero-order valence-corrected chi connectivity index (χ0v) is 9.69. The Morgan fingerprint density at radius 3 is 2.71 bits per heavy atom. The van der Waals surface area contributed by atoms with Crippen LogP contribution in [-0.2, 0) is 13.0 Å². The second-order valence-corrected chi connectivity index (χ2v) is 5.32. The van der Waals surface area contributed by atoms with E-state index in [0.29, 0.717) is 0 Å². The second-order valence-electron chi connectivity index (χ2n) is 5.32. The van der Waals surface area contributed by atoms with Crippen LogP contribution in [0.15, 0.2) is 0 Å². The molecule has 6 nitrogen and oxygen atoms in total. The number of nitrogens with zero attached hydrogens (tertiary/aromatic N) is 3. The van der Waals surface area contributed by atoms with E-state index in [0.717, 1.165) is 31.6 Å². The van der Waals surface area contributed by atoms with Crippen molar-refractivity contribution in [2.24, 2.45) is 5.41 Å². The van der Waals surface area contributed by atoms with Crippen LogP contribution in [0.2, 0.25) is 0 Å². The first kappa shape index (κ1) is 10.6. The van der Waals surface area contributed by atoms with Crippen molar-refractivity contribution < 1.29 is 4.92 Å². The van der Waals surface area contributed by atoms with E-state index >= 15 is 0 Å². The lowest BCUT2D eigenvalue weighted by atomic mass is 9.73. The number of imidazole rings is 1. The molecule has 92 valence electrons. The first-order valence-electron chi connectivity index (χ1n) is 6.11. The van der Waals surface area contributed by atoms with Crippen LogP contribution in [0.5, 0.6) is 0 Å². The van der Waals surface area contributed by atoms with E-state index in [1.807, 2.05) is 0 Å². The smallest absolute Gasteiger partial charge is 0.367 e.